The van der Waals surface area contributed by atoms with Crippen LogP contribution >= 0.6 is 0 Å². The zero-order valence-electron chi connectivity index (χ0n) is 5.24. The van der Waals surface area contributed by atoms with E-state index in [2.05, 4.69) is 23.1 Å². The van der Waals surface area contributed by atoms with Crippen LogP contribution in [-0.4, -0.2) is 9.97 Å². The summed E-state index contributed by atoms with van der Waals surface area (Å²) in [6.45, 7) is 5.00. The van der Waals surface area contributed by atoms with E-state index in [9.17, 15) is 0 Å². The predicted octanol–water partition coefficient (Wildman–Crippen LogP) is 1.11. The van der Waals surface area contributed by atoms with Crippen LogP contribution in [0.1, 0.15) is 6.92 Å². The van der Waals surface area contributed by atoms with E-state index in [-0.39, 0.29) is 21.1 Å². The average molecular weight is 292 g/mol. The fourth-order valence-corrected chi connectivity index (χ4v) is 0.225. The van der Waals surface area contributed by atoms with E-state index in [1.54, 1.807) is 19.3 Å². The monoisotopic (exact) mass is 292 g/mol. The van der Waals surface area contributed by atoms with E-state index >= 15 is 0 Å². The molecule has 0 aliphatic heterocycles. The van der Waals surface area contributed by atoms with Crippen molar-refractivity contribution in [3.63, 3.8) is 0 Å². The molecule has 0 fully saturated rings. The van der Waals surface area contributed by atoms with E-state index in [1.807, 2.05) is 0 Å². The molecular weight excluding hydrogens is 284 g/mol. The van der Waals surface area contributed by atoms with Gasteiger partial charge in [-0.2, -0.15) is 6.92 Å². The fourth-order valence-electron chi connectivity index (χ4n) is 0.225. The van der Waals surface area contributed by atoms with Gasteiger partial charge in [0.15, 0.2) is 0 Å². The SMILES string of the molecule is [CH2-]C.[W+2].[c-]1cnccn1. The molecule has 0 aliphatic carbocycles. The Morgan fingerprint density at radius 2 is 2.00 bits per heavy atom. The van der Waals surface area contributed by atoms with E-state index in [4.69, 9.17) is 0 Å². The molecule has 1 aromatic rings. The van der Waals surface area contributed by atoms with Crippen LogP contribution in [0.3, 0.4) is 0 Å². The van der Waals surface area contributed by atoms with Gasteiger partial charge in [-0.1, -0.05) is 0 Å². The summed E-state index contributed by atoms with van der Waals surface area (Å²) in [5, 5.41) is 0. The molecule has 1 heterocycles. The van der Waals surface area contributed by atoms with Gasteiger partial charge < -0.3 is 16.9 Å². The second-order valence-electron chi connectivity index (χ2n) is 0.835. The first kappa shape index (κ1) is 11.6. The molecule has 0 unspecified atom stereocenters. The van der Waals surface area contributed by atoms with Gasteiger partial charge in [-0.3, -0.25) is 0 Å². The van der Waals surface area contributed by atoms with Gasteiger partial charge in [0, 0.05) is 0 Å². The van der Waals surface area contributed by atoms with Gasteiger partial charge >= 0.3 is 21.1 Å². The quantitative estimate of drug-likeness (QED) is 0.670. The Morgan fingerprint density at radius 3 is 2.11 bits per heavy atom. The van der Waals surface area contributed by atoms with Crippen LogP contribution < -0.4 is 0 Å². The molecule has 0 aromatic carbocycles. The summed E-state index contributed by atoms with van der Waals surface area (Å²) >= 11 is 0. The van der Waals surface area contributed by atoms with Crippen molar-refractivity contribution in [2.45, 2.75) is 6.92 Å². The van der Waals surface area contributed by atoms with Crippen LogP contribution in [0.2, 0.25) is 0 Å². The Balaban J connectivity index is 0. The molecule has 0 bridgehead atoms. The zero-order chi connectivity index (χ0) is 6.24. The van der Waals surface area contributed by atoms with Gasteiger partial charge in [0.05, 0.1) is 0 Å². The van der Waals surface area contributed by atoms with Crippen molar-refractivity contribution in [3.8, 4) is 0 Å². The summed E-state index contributed by atoms with van der Waals surface area (Å²) in [5.41, 5.74) is 0. The summed E-state index contributed by atoms with van der Waals surface area (Å²) < 4.78 is 0. The molecule has 1 rings (SSSR count). The molecule has 0 saturated heterocycles. The maximum Gasteiger partial charge on any atom is 2.00 e. The number of hydrogen-bond donors (Lipinski definition) is 0. The van der Waals surface area contributed by atoms with Crippen LogP contribution in [0.5, 0.6) is 0 Å². The molecular formula is C6H8N2W. The van der Waals surface area contributed by atoms with Gasteiger partial charge in [0.2, 0.25) is 0 Å². The van der Waals surface area contributed by atoms with E-state index in [0.717, 1.165) is 0 Å². The Bertz CT molecular complexity index is 83.0. The standard InChI is InChI=1S/C4H3N2.C2H5.W/c1-2-6-4-3-5-1;1-2;/h1-3H;1H2,2H3;/q2*-1;+2. The van der Waals surface area contributed by atoms with Crippen molar-refractivity contribution >= 4 is 0 Å². The van der Waals surface area contributed by atoms with Gasteiger partial charge in [0.1, 0.15) is 0 Å². The third-order valence-electron chi connectivity index (χ3n) is 0.434. The minimum atomic E-state index is 0. The van der Waals surface area contributed by atoms with Gasteiger partial charge in [-0.05, 0) is 12.4 Å². The van der Waals surface area contributed by atoms with Crippen molar-refractivity contribution in [1.82, 2.24) is 9.97 Å². The average Bonchev–Trinajstić information content (AvgIpc) is 1.96. The third kappa shape index (κ3) is 7.77. The molecule has 0 N–H and O–H groups in total. The molecule has 9 heavy (non-hydrogen) atoms. The largest absolute Gasteiger partial charge is 2.00 e. The summed E-state index contributed by atoms with van der Waals surface area (Å²) in [6.07, 6.45) is 7.24. The normalized spacial score (nSPS) is 6.00. The Hall–Kier alpha value is -0.232. The van der Waals surface area contributed by atoms with Crippen molar-refractivity contribution in [2.75, 3.05) is 0 Å². The van der Waals surface area contributed by atoms with Gasteiger partial charge in [-0.15, -0.1) is 12.4 Å². The molecule has 1 aromatic heterocycles. The molecule has 0 amide bonds. The molecule has 2 nitrogen and oxygen atoms in total. The first-order valence-electron chi connectivity index (χ1n) is 2.33. The third-order valence-corrected chi connectivity index (χ3v) is 0.434. The molecule has 3 heteroatoms. The second-order valence-corrected chi connectivity index (χ2v) is 0.835. The molecule has 0 saturated carbocycles. The minimum Gasteiger partial charge on any atom is -0.456 e. The predicted molar refractivity (Wildman–Crippen MR) is 31.9 cm³/mol. The van der Waals surface area contributed by atoms with Crippen LogP contribution in [0.25, 0.3) is 0 Å². The van der Waals surface area contributed by atoms with Gasteiger partial charge in [0.25, 0.3) is 0 Å². The van der Waals surface area contributed by atoms with E-state index in [1.165, 1.54) is 6.20 Å². The molecule has 0 spiro atoms. The summed E-state index contributed by atoms with van der Waals surface area (Å²) in [5.74, 6) is 0. The second kappa shape index (κ2) is 10.7. The van der Waals surface area contributed by atoms with Crippen LogP contribution in [0, 0.1) is 13.1 Å². The molecule has 48 valence electrons. The maximum atomic E-state index is 3.67. The Labute approximate surface area is 70.0 Å². The molecule has 0 radical (unpaired) electrons. The van der Waals surface area contributed by atoms with E-state index in [0.29, 0.717) is 0 Å². The summed E-state index contributed by atoms with van der Waals surface area (Å²) in [7, 11) is 0. The Kier molecular flexibility index (Phi) is 13.7. The van der Waals surface area contributed by atoms with Crippen molar-refractivity contribution in [3.05, 3.63) is 31.7 Å². The topological polar surface area (TPSA) is 25.8 Å². The number of nitrogens with zero attached hydrogens (tertiary/aromatic N) is 2. The number of hydrogen-bond acceptors (Lipinski definition) is 2. The first-order valence-corrected chi connectivity index (χ1v) is 2.33. The number of rotatable bonds is 0. The van der Waals surface area contributed by atoms with Crippen LogP contribution in [0.15, 0.2) is 18.6 Å². The smallest absolute Gasteiger partial charge is 0.456 e. The minimum absolute atomic E-state index is 0. The fraction of sp³-hybridized carbons (Fsp3) is 0.167. The maximum absolute atomic E-state index is 3.67. The molecule has 0 atom stereocenters. The van der Waals surface area contributed by atoms with Crippen LogP contribution in [0.4, 0.5) is 0 Å². The first-order chi connectivity index (χ1) is 4.00. The van der Waals surface area contributed by atoms with Crippen molar-refractivity contribution in [1.29, 1.82) is 0 Å². The van der Waals surface area contributed by atoms with Crippen molar-refractivity contribution in [2.24, 2.45) is 0 Å². The summed E-state index contributed by atoms with van der Waals surface area (Å²) in [6, 6.07) is 0. The van der Waals surface area contributed by atoms with E-state index < -0.39 is 0 Å². The van der Waals surface area contributed by atoms with Crippen LogP contribution in [-0.2, 0) is 21.1 Å². The zero-order valence-corrected chi connectivity index (χ0v) is 8.18. The van der Waals surface area contributed by atoms with Gasteiger partial charge in [-0.25, -0.2) is 0 Å². The Morgan fingerprint density at radius 1 is 1.33 bits per heavy atom. The van der Waals surface area contributed by atoms with Crippen molar-refractivity contribution < 1.29 is 21.1 Å². The number of aromatic nitrogens is 2. The molecule has 0 aliphatic rings. The summed E-state index contributed by atoms with van der Waals surface area (Å²) in [4.78, 5) is 7.26.